The van der Waals surface area contributed by atoms with Crippen LogP contribution in [0, 0.1) is 11.8 Å². The summed E-state index contributed by atoms with van der Waals surface area (Å²) in [6.45, 7) is 0.601. The zero-order valence-electron chi connectivity index (χ0n) is 10.2. The standard InChI is InChI=1S/C12H20N4O/c1-16-11(6-7-14-16)15-12(17)10-5-3-2-4-9(10)8-13/h6-7,9-10H,2-5,8,13H2,1H3,(H,15,17). The zero-order chi connectivity index (χ0) is 12.3. The van der Waals surface area contributed by atoms with Gasteiger partial charge in [-0.15, -0.1) is 0 Å². The van der Waals surface area contributed by atoms with Crippen molar-refractivity contribution in [1.82, 2.24) is 9.78 Å². The largest absolute Gasteiger partial charge is 0.330 e. The maximum absolute atomic E-state index is 12.2. The lowest BCUT2D eigenvalue weighted by atomic mass is 9.79. The van der Waals surface area contributed by atoms with Gasteiger partial charge in [0.15, 0.2) is 0 Å². The third-order valence-corrected chi connectivity index (χ3v) is 3.62. The Morgan fingerprint density at radius 3 is 3.00 bits per heavy atom. The fourth-order valence-electron chi connectivity index (χ4n) is 2.55. The molecule has 94 valence electrons. The molecule has 1 fully saturated rings. The van der Waals surface area contributed by atoms with E-state index in [0.29, 0.717) is 12.5 Å². The zero-order valence-corrected chi connectivity index (χ0v) is 10.2. The number of hydrogen-bond acceptors (Lipinski definition) is 3. The summed E-state index contributed by atoms with van der Waals surface area (Å²) in [4.78, 5) is 12.2. The van der Waals surface area contributed by atoms with Gasteiger partial charge in [0.05, 0.1) is 6.20 Å². The van der Waals surface area contributed by atoms with E-state index in [1.807, 2.05) is 7.05 Å². The Hall–Kier alpha value is -1.36. The number of amides is 1. The summed E-state index contributed by atoms with van der Waals surface area (Å²) in [5.41, 5.74) is 5.74. The molecular weight excluding hydrogens is 216 g/mol. The summed E-state index contributed by atoms with van der Waals surface area (Å²) >= 11 is 0. The molecule has 2 atom stereocenters. The molecule has 1 aromatic heterocycles. The molecule has 1 saturated carbocycles. The van der Waals surface area contributed by atoms with E-state index in [9.17, 15) is 4.79 Å². The van der Waals surface area contributed by atoms with Crippen molar-refractivity contribution in [1.29, 1.82) is 0 Å². The molecule has 1 aliphatic rings. The van der Waals surface area contributed by atoms with Crippen LogP contribution in [-0.2, 0) is 11.8 Å². The van der Waals surface area contributed by atoms with Crippen LogP contribution >= 0.6 is 0 Å². The summed E-state index contributed by atoms with van der Waals surface area (Å²) in [5, 5.41) is 6.96. The fourth-order valence-corrected chi connectivity index (χ4v) is 2.55. The molecule has 5 nitrogen and oxygen atoms in total. The average Bonchev–Trinajstić information content (AvgIpc) is 2.75. The molecule has 0 bridgehead atoms. The van der Waals surface area contributed by atoms with Gasteiger partial charge in [0.1, 0.15) is 5.82 Å². The Morgan fingerprint density at radius 1 is 1.59 bits per heavy atom. The smallest absolute Gasteiger partial charge is 0.228 e. The van der Waals surface area contributed by atoms with Crippen LogP contribution in [0.15, 0.2) is 12.3 Å². The molecule has 1 aromatic rings. The van der Waals surface area contributed by atoms with Gasteiger partial charge >= 0.3 is 0 Å². The highest BCUT2D eigenvalue weighted by atomic mass is 16.2. The lowest BCUT2D eigenvalue weighted by Crippen LogP contribution is -2.36. The first kappa shape index (κ1) is 12.1. The van der Waals surface area contributed by atoms with Gasteiger partial charge in [0, 0.05) is 19.0 Å². The summed E-state index contributed by atoms with van der Waals surface area (Å²) < 4.78 is 1.66. The number of aromatic nitrogens is 2. The van der Waals surface area contributed by atoms with Crippen molar-refractivity contribution in [3.05, 3.63) is 12.3 Å². The number of nitrogens with one attached hydrogen (secondary N) is 1. The van der Waals surface area contributed by atoms with E-state index in [2.05, 4.69) is 10.4 Å². The van der Waals surface area contributed by atoms with Gasteiger partial charge in [-0.05, 0) is 25.3 Å². The molecule has 2 unspecified atom stereocenters. The normalized spacial score (nSPS) is 24.6. The van der Waals surface area contributed by atoms with Crippen molar-refractivity contribution in [2.75, 3.05) is 11.9 Å². The van der Waals surface area contributed by atoms with Crippen molar-refractivity contribution in [3.63, 3.8) is 0 Å². The van der Waals surface area contributed by atoms with Crippen LogP contribution < -0.4 is 11.1 Å². The van der Waals surface area contributed by atoms with Crippen molar-refractivity contribution in [3.8, 4) is 0 Å². The van der Waals surface area contributed by atoms with Crippen LogP contribution in [-0.4, -0.2) is 22.2 Å². The quantitative estimate of drug-likeness (QED) is 0.826. The highest BCUT2D eigenvalue weighted by Gasteiger charge is 2.30. The lowest BCUT2D eigenvalue weighted by molar-refractivity contribution is -0.122. The van der Waals surface area contributed by atoms with Gasteiger partial charge in [-0.25, -0.2) is 0 Å². The first-order chi connectivity index (χ1) is 8.22. The van der Waals surface area contributed by atoms with Crippen LogP contribution in [0.4, 0.5) is 5.82 Å². The Morgan fingerprint density at radius 2 is 2.35 bits per heavy atom. The predicted octanol–water partition coefficient (Wildman–Crippen LogP) is 1.12. The van der Waals surface area contributed by atoms with Crippen LogP contribution in [0.2, 0.25) is 0 Å². The Labute approximate surface area is 101 Å². The topological polar surface area (TPSA) is 72.9 Å². The molecular formula is C12H20N4O. The Kier molecular flexibility index (Phi) is 3.78. The molecule has 0 aliphatic heterocycles. The van der Waals surface area contributed by atoms with Crippen LogP contribution in [0.5, 0.6) is 0 Å². The predicted molar refractivity (Wildman–Crippen MR) is 66.3 cm³/mol. The lowest BCUT2D eigenvalue weighted by Gasteiger charge is -2.29. The molecule has 1 heterocycles. The maximum atomic E-state index is 12.2. The Bertz CT molecular complexity index is 388. The van der Waals surface area contributed by atoms with Crippen molar-refractivity contribution in [2.45, 2.75) is 25.7 Å². The number of hydrogen-bond donors (Lipinski definition) is 2. The van der Waals surface area contributed by atoms with E-state index in [-0.39, 0.29) is 11.8 Å². The number of aryl methyl sites for hydroxylation is 1. The number of nitrogens with two attached hydrogens (primary N) is 1. The van der Waals surface area contributed by atoms with E-state index in [1.54, 1.807) is 16.9 Å². The molecule has 0 saturated heterocycles. The van der Waals surface area contributed by atoms with Crippen molar-refractivity contribution >= 4 is 11.7 Å². The number of nitrogens with zero attached hydrogens (tertiary/aromatic N) is 2. The van der Waals surface area contributed by atoms with Gasteiger partial charge < -0.3 is 11.1 Å². The van der Waals surface area contributed by atoms with Gasteiger partial charge in [-0.3, -0.25) is 9.48 Å². The van der Waals surface area contributed by atoms with Gasteiger partial charge in [0.2, 0.25) is 5.91 Å². The van der Waals surface area contributed by atoms with Crippen LogP contribution in [0.25, 0.3) is 0 Å². The van der Waals surface area contributed by atoms with Gasteiger partial charge in [-0.1, -0.05) is 12.8 Å². The first-order valence-electron chi connectivity index (χ1n) is 6.21. The summed E-state index contributed by atoms with van der Waals surface area (Å²) in [5.74, 6) is 1.22. The third-order valence-electron chi connectivity index (χ3n) is 3.62. The molecule has 1 amide bonds. The average molecular weight is 236 g/mol. The van der Waals surface area contributed by atoms with E-state index in [4.69, 9.17) is 5.73 Å². The monoisotopic (exact) mass is 236 g/mol. The molecule has 17 heavy (non-hydrogen) atoms. The highest BCUT2D eigenvalue weighted by molar-refractivity contribution is 5.92. The molecule has 0 spiro atoms. The van der Waals surface area contributed by atoms with Crippen molar-refractivity contribution < 1.29 is 4.79 Å². The van der Waals surface area contributed by atoms with E-state index < -0.39 is 0 Å². The fraction of sp³-hybridized carbons (Fsp3) is 0.667. The number of carbonyl (C=O) groups is 1. The summed E-state index contributed by atoms with van der Waals surface area (Å²) in [7, 11) is 1.82. The molecule has 3 N–H and O–H groups in total. The highest BCUT2D eigenvalue weighted by Crippen LogP contribution is 2.30. The molecule has 5 heteroatoms. The Balaban J connectivity index is 2.01. The SMILES string of the molecule is Cn1nccc1NC(=O)C1CCCCC1CN. The number of rotatable bonds is 3. The second-order valence-electron chi connectivity index (χ2n) is 4.72. The van der Waals surface area contributed by atoms with E-state index >= 15 is 0 Å². The number of anilines is 1. The first-order valence-corrected chi connectivity index (χ1v) is 6.21. The van der Waals surface area contributed by atoms with E-state index in [1.165, 1.54) is 6.42 Å². The molecule has 0 radical (unpaired) electrons. The maximum Gasteiger partial charge on any atom is 0.228 e. The second kappa shape index (κ2) is 5.31. The molecule has 1 aliphatic carbocycles. The number of carbonyl (C=O) groups excluding carboxylic acids is 1. The minimum atomic E-state index is 0.0589. The molecule has 0 aromatic carbocycles. The molecule has 2 rings (SSSR count). The van der Waals surface area contributed by atoms with Crippen LogP contribution in [0.1, 0.15) is 25.7 Å². The van der Waals surface area contributed by atoms with Crippen LogP contribution in [0.3, 0.4) is 0 Å². The van der Waals surface area contributed by atoms with Gasteiger partial charge in [0.25, 0.3) is 0 Å². The summed E-state index contributed by atoms with van der Waals surface area (Å²) in [6, 6.07) is 1.80. The van der Waals surface area contributed by atoms with Crippen molar-refractivity contribution in [2.24, 2.45) is 24.6 Å². The minimum Gasteiger partial charge on any atom is -0.330 e. The summed E-state index contributed by atoms with van der Waals surface area (Å²) in [6.07, 6.45) is 6.01. The van der Waals surface area contributed by atoms with E-state index in [0.717, 1.165) is 25.1 Å². The van der Waals surface area contributed by atoms with Gasteiger partial charge in [-0.2, -0.15) is 5.10 Å². The third kappa shape index (κ3) is 2.66. The minimum absolute atomic E-state index is 0.0589. The second-order valence-corrected chi connectivity index (χ2v) is 4.72.